The van der Waals surface area contributed by atoms with E-state index in [1.165, 1.54) is 43.3 Å². The smallest absolute Gasteiger partial charge is 0.416 e. The summed E-state index contributed by atoms with van der Waals surface area (Å²) in [5.41, 5.74) is -0.613. The Kier molecular flexibility index (Phi) is 5.36. The van der Waals surface area contributed by atoms with Gasteiger partial charge in [-0.2, -0.15) is 13.2 Å². The SMILES string of the molecule is Cc1ccc(S(=O)(=O)N(c2cccc(C(F)(F)F)c2)c2ccc3ocnc3c2)cc1C(=O)O. The molecule has 0 aliphatic heterocycles. The highest BCUT2D eigenvalue weighted by molar-refractivity contribution is 7.93. The summed E-state index contributed by atoms with van der Waals surface area (Å²) in [6.45, 7) is 1.50. The lowest BCUT2D eigenvalue weighted by Crippen LogP contribution is -2.27. The van der Waals surface area contributed by atoms with Crippen LogP contribution in [0.1, 0.15) is 21.5 Å². The number of sulfonamides is 1. The van der Waals surface area contributed by atoms with Crippen LogP contribution in [-0.4, -0.2) is 24.5 Å². The second-order valence-corrected chi connectivity index (χ2v) is 8.89. The van der Waals surface area contributed by atoms with Gasteiger partial charge in [0, 0.05) is 0 Å². The van der Waals surface area contributed by atoms with Gasteiger partial charge in [-0.1, -0.05) is 12.1 Å². The maximum Gasteiger partial charge on any atom is 0.416 e. The van der Waals surface area contributed by atoms with Gasteiger partial charge >= 0.3 is 12.1 Å². The summed E-state index contributed by atoms with van der Waals surface area (Å²) in [6.07, 6.45) is -3.56. The van der Waals surface area contributed by atoms with Gasteiger partial charge < -0.3 is 9.52 Å². The van der Waals surface area contributed by atoms with E-state index in [-0.39, 0.29) is 22.5 Å². The molecule has 4 rings (SSSR count). The first-order chi connectivity index (χ1) is 15.5. The van der Waals surface area contributed by atoms with Crippen molar-refractivity contribution in [2.24, 2.45) is 0 Å². The summed E-state index contributed by atoms with van der Waals surface area (Å²) < 4.78 is 73.2. The van der Waals surface area contributed by atoms with E-state index in [4.69, 9.17) is 4.42 Å². The molecule has 0 aliphatic rings. The number of nitrogens with zero attached hydrogens (tertiary/aromatic N) is 2. The molecule has 170 valence electrons. The van der Waals surface area contributed by atoms with E-state index in [0.29, 0.717) is 21.5 Å². The molecule has 0 amide bonds. The first kappa shape index (κ1) is 22.3. The summed E-state index contributed by atoms with van der Waals surface area (Å²) in [5.74, 6) is -1.33. The third kappa shape index (κ3) is 4.14. The van der Waals surface area contributed by atoms with Gasteiger partial charge in [-0.3, -0.25) is 0 Å². The molecular weight excluding hydrogens is 461 g/mol. The van der Waals surface area contributed by atoms with Gasteiger partial charge in [-0.05, 0) is 61.0 Å². The Morgan fingerprint density at radius 1 is 1.03 bits per heavy atom. The average molecular weight is 476 g/mol. The predicted octanol–water partition coefficient (Wildman–Crippen LogP) is 5.38. The fourth-order valence-corrected chi connectivity index (χ4v) is 4.80. The lowest BCUT2D eigenvalue weighted by atomic mass is 10.1. The minimum Gasteiger partial charge on any atom is -0.478 e. The van der Waals surface area contributed by atoms with Gasteiger partial charge in [0.1, 0.15) is 5.52 Å². The number of rotatable bonds is 5. The number of fused-ring (bicyclic) bond motifs is 1. The maximum absolute atomic E-state index is 13.7. The molecule has 0 unspecified atom stereocenters. The van der Waals surface area contributed by atoms with Crippen LogP contribution in [0.3, 0.4) is 0 Å². The Labute approximate surface area is 185 Å². The number of aromatic carboxylic acids is 1. The van der Waals surface area contributed by atoms with E-state index in [1.807, 2.05) is 0 Å². The first-order valence-electron chi connectivity index (χ1n) is 9.38. The third-order valence-corrected chi connectivity index (χ3v) is 6.69. The summed E-state index contributed by atoms with van der Waals surface area (Å²) >= 11 is 0. The molecule has 1 N–H and O–H groups in total. The molecule has 0 radical (unpaired) electrons. The average Bonchev–Trinajstić information content (AvgIpc) is 3.21. The number of benzene rings is 3. The number of halogens is 3. The highest BCUT2D eigenvalue weighted by Gasteiger charge is 2.33. The highest BCUT2D eigenvalue weighted by Crippen LogP contribution is 2.38. The molecule has 0 spiro atoms. The summed E-state index contributed by atoms with van der Waals surface area (Å²) in [5, 5.41) is 9.40. The van der Waals surface area contributed by atoms with Crippen LogP contribution in [0.25, 0.3) is 11.1 Å². The summed E-state index contributed by atoms with van der Waals surface area (Å²) in [4.78, 5) is 15.1. The van der Waals surface area contributed by atoms with Crippen molar-refractivity contribution >= 4 is 38.5 Å². The summed E-state index contributed by atoms with van der Waals surface area (Å²) in [6, 6.07) is 11.5. The molecule has 4 aromatic rings. The standard InChI is InChI=1S/C22H15F3N2O5S/c1-13-5-7-17(11-18(13)21(28)29)33(30,31)27(15-4-2-3-14(9-15)22(23,24)25)16-6-8-20-19(10-16)26-12-32-20/h2-12H,1H3,(H,28,29). The van der Waals surface area contributed by atoms with Gasteiger partial charge in [0.2, 0.25) is 0 Å². The van der Waals surface area contributed by atoms with Crippen LogP contribution in [0, 0.1) is 6.92 Å². The number of aromatic nitrogens is 1. The normalized spacial score (nSPS) is 12.1. The summed E-state index contributed by atoms with van der Waals surface area (Å²) in [7, 11) is -4.55. The van der Waals surface area contributed by atoms with Crippen LogP contribution in [0.15, 0.2) is 76.4 Å². The number of oxazole rings is 1. The second-order valence-electron chi connectivity index (χ2n) is 7.10. The van der Waals surface area contributed by atoms with Gasteiger partial charge in [0.25, 0.3) is 10.0 Å². The largest absolute Gasteiger partial charge is 0.478 e. The fourth-order valence-electron chi connectivity index (χ4n) is 3.31. The van der Waals surface area contributed by atoms with Crippen LogP contribution in [0.5, 0.6) is 0 Å². The molecule has 0 saturated heterocycles. The van der Waals surface area contributed by atoms with Crippen molar-refractivity contribution in [2.45, 2.75) is 18.0 Å². The predicted molar refractivity (Wildman–Crippen MR) is 113 cm³/mol. The number of carboxylic acids is 1. The van der Waals surface area contributed by atoms with Crippen LogP contribution in [0.2, 0.25) is 0 Å². The molecule has 33 heavy (non-hydrogen) atoms. The van der Waals surface area contributed by atoms with Crippen molar-refractivity contribution in [2.75, 3.05) is 4.31 Å². The van der Waals surface area contributed by atoms with Crippen LogP contribution < -0.4 is 4.31 Å². The minimum atomic E-state index is -4.71. The number of anilines is 2. The van der Waals surface area contributed by atoms with Gasteiger partial charge in [0.05, 0.1) is 27.4 Å². The Morgan fingerprint density at radius 3 is 2.45 bits per heavy atom. The number of hydrogen-bond donors (Lipinski definition) is 1. The molecule has 0 atom stereocenters. The highest BCUT2D eigenvalue weighted by atomic mass is 32.2. The molecule has 3 aromatic carbocycles. The quantitative estimate of drug-likeness (QED) is 0.415. The van der Waals surface area contributed by atoms with Crippen molar-refractivity contribution in [1.82, 2.24) is 4.98 Å². The maximum atomic E-state index is 13.7. The van der Waals surface area contributed by atoms with Crippen molar-refractivity contribution < 1.29 is 35.9 Å². The van der Waals surface area contributed by atoms with Gasteiger partial charge in [0.15, 0.2) is 12.0 Å². The van der Waals surface area contributed by atoms with Gasteiger partial charge in [-0.25, -0.2) is 22.5 Å². The van der Waals surface area contributed by atoms with E-state index in [2.05, 4.69) is 4.98 Å². The van der Waals surface area contributed by atoms with E-state index >= 15 is 0 Å². The van der Waals surface area contributed by atoms with Crippen molar-refractivity contribution in [1.29, 1.82) is 0 Å². The zero-order valence-corrected chi connectivity index (χ0v) is 17.7. The lowest BCUT2D eigenvalue weighted by molar-refractivity contribution is -0.137. The molecule has 7 nitrogen and oxygen atoms in total. The topological polar surface area (TPSA) is 101 Å². The molecule has 0 saturated carbocycles. The monoisotopic (exact) mass is 476 g/mol. The van der Waals surface area contributed by atoms with Crippen LogP contribution in [0.4, 0.5) is 24.5 Å². The number of aryl methyl sites for hydroxylation is 1. The molecule has 0 aliphatic carbocycles. The molecule has 0 fully saturated rings. The number of carboxylic acid groups (broad SMARTS) is 1. The van der Waals surface area contributed by atoms with E-state index < -0.39 is 32.6 Å². The fraction of sp³-hybridized carbons (Fsp3) is 0.0909. The van der Waals surface area contributed by atoms with E-state index in [1.54, 1.807) is 0 Å². The number of carbonyl (C=O) groups is 1. The molecular formula is C22H15F3N2O5S. The molecule has 0 bridgehead atoms. The van der Waals surface area contributed by atoms with E-state index in [0.717, 1.165) is 24.6 Å². The van der Waals surface area contributed by atoms with Crippen molar-refractivity contribution in [3.05, 3.63) is 83.7 Å². The Bertz CT molecular complexity index is 1480. The Balaban J connectivity index is 1.96. The molecule has 11 heteroatoms. The Morgan fingerprint density at radius 2 is 1.76 bits per heavy atom. The lowest BCUT2D eigenvalue weighted by Gasteiger charge is -2.25. The zero-order valence-electron chi connectivity index (χ0n) is 16.9. The minimum absolute atomic E-state index is 0.00632. The van der Waals surface area contributed by atoms with Gasteiger partial charge in [-0.15, -0.1) is 0 Å². The van der Waals surface area contributed by atoms with Crippen LogP contribution >= 0.6 is 0 Å². The molecule has 1 aromatic heterocycles. The first-order valence-corrected chi connectivity index (χ1v) is 10.8. The number of hydrogen-bond acceptors (Lipinski definition) is 5. The van der Waals surface area contributed by atoms with E-state index in [9.17, 15) is 31.5 Å². The Hall–Kier alpha value is -3.86. The number of alkyl halides is 3. The van der Waals surface area contributed by atoms with Crippen molar-refractivity contribution in [3.63, 3.8) is 0 Å². The third-order valence-electron chi connectivity index (χ3n) is 4.93. The molecule has 1 heterocycles. The zero-order chi connectivity index (χ0) is 24.0. The van der Waals surface area contributed by atoms with Crippen LogP contribution in [-0.2, 0) is 16.2 Å². The van der Waals surface area contributed by atoms with Crippen molar-refractivity contribution in [3.8, 4) is 0 Å². The second kappa shape index (κ2) is 7.93.